The predicted molar refractivity (Wildman–Crippen MR) is 58.1 cm³/mol. The Balaban J connectivity index is 1.76. The standard InChI is InChI=1S/C11H15F3N2O3/c12-11(13,14)10(18)19-7-4-8(15-5-7)9(17)16-6-2-1-3-6/h6-8,15H,1-5H2,(H,16,17)/t7-,8+/m1/s1. The summed E-state index contributed by atoms with van der Waals surface area (Å²) >= 11 is 0. The van der Waals surface area contributed by atoms with Crippen LogP contribution in [0.4, 0.5) is 13.2 Å². The van der Waals surface area contributed by atoms with Crippen LogP contribution >= 0.6 is 0 Å². The monoisotopic (exact) mass is 280 g/mol. The van der Waals surface area contributed by atoms with E-state index in [4.69, 9.17) is 0 Å². The van der Waals surface area contributed by atoms with Crippen LogP contribution in [-0.2, 0) is 14.3 Å². The first-order chi connectivity index (χ1) is 8.86. The Bertz CT molecular complexity index is 369. The van der Waals surface area contributed by atoms with E-state index < -0.39 is 24.3 Å². The van der Waals surface area contributed by atoms with Gasteiger partial charge in [-0.2, -0.15) is 13.2 Å². The Morgan fingerprint density at radius 3 is 2.47 bits per heavy atom. The van der Waals surface area contributed by atoms with Crippen LogP contribution in [0.5, 0.6) is 0 Å². The number of hydrogen-bond acceptors (Lipinski definition) is 4. The average molecular weight is 280 g/mol. The van der Waals surface area contributed by atoms with Crippen LogP contribution in [0.1, 0.15) is 25.7 Å². The fraction of sp³-hybridized carbons (Fsp3) is 0.818. The lowest BCUT2D eigenvalue weighted by Gasteiger charge is -2.27. The van der Waals surface area contributed by atoms with Gasteiger partial charge in [-0.05, 0) is 19.3 Å². The molecule has 1 amide bonds. The molecule has 0 aromatic rings. The normalized spacial score (nSPS) is 27.7. The van der Waals surface area contributed by atoms with E-state index in [1.54, 1.807) is 0 Å². The first kappa shape index (κ1) is 14.1. The number of nitrogens with one attached hydrogen (secondary N) is 2. The maximum Gasteiger partial charge on any atom is 0.490 e. The molecule has 0 spiro atoms. The van der Waals surface area contributed by atoms with Crippen molar-refractivity contribution in [3.05, 3.63) is 0 Å². The van der Waals surface area contributed by atoms with E-state index in [-0.39, 0.29) is 24.9 Å². The van der Waals surface area contributed by atoms with Crippen molar-refractivity contribution in [1.82, 2.24) is 10.6 Å². The third-order valence-corrected chi connectivity index (χ3v) is 3.36. The van der Waals surface area contributed by atoms with Crippen LogP contribution in [-0.4, -0.2) is 42.8 Å². The molecule has 1 saturated heterocycles. The second kappa shape index (κ2) is 5.36. The molecule has 0 unspecified atom stereocenters. The lowest BCUT2D eigenvalue weighted by Crippen LogP contribution is -2.47. The van der Waals surface area contributed by atoms with Gasteiger partial charge >= 0.3 is 12.1 Å². The van der Waals surface area contributed by atoms with Gasteiger partial charge < -0.3 is 15.4 Å². The zero-order valence-electron chi connectivity index (χ0n) is 10.1. The highest BCUT2D eigenvalue weighted by molar-refractivity contribution is 5.82. The van der Waals surface area contributed by atoms with E-state index in [1.807, 2.05) is 0 Å². The highest BCUT2D eigenvalue weighted by atomic mass is 19.4. The summed E-state index contributed by atoms with van der Waals surface area (Å²) in [6, 6.07) is -0.419. The van der Waals surface area contributed by atoms with Gasteiger partial charge in [0, 0.05) is 19.0 Å². The van der Waals surface area contributed by atoms with E-state index in [0.717, 1.165) is 19.3 Å². The molecule has 1 aliphatic heterocycles. The summed E-state index contributed by atoms with van der Waals surface area (Å²) in [7, 11) is 0. The first-order valence-electron chi connectivity index (χ1n) is 6.18. The number of carbonyl (C=O) groups is 2. The summed E-state index contributed by atoms with van der Waals surface area (Å²) in [5.74, 6) is -2.45. The largest absolute Gasteiger partial charge is 0.490 e. The fourth-order valence-electron chi connectivity index (χ4n) is 2.07. The van der Waals surface area contributed by atoms with Crippen molar-refractivity contribution < 1.29 is 27.5 Å². The summed E-state index contributed by atoms with van der Waals surface area (Å²) in [6.45, 7) is 0.0601. The third kappa shape index (κ3) is 3.59. The molecule has 0 bridgehead atoms. The Morgan fingerprint density at radius 1 is 1.26 bits per heavy atom. The molecule has 2 aliphatic rings. The number of halogens is 3. The van der Waals surface area contributed by atoms with E-state index in [0.29, 0.717) is 0 Å². The highest BCUT2D eigenvalue weighted by Crippen LogP contribution is 2.21. The van der Waals surface area contributed by atoms with Crippen LogP contribution in [0.2, 0.25) is 0 Å². The van der Waals surface area contributed by atoms with Crippen LogP contribution in [0.25, 0.3) is 0 Å². The Hall–Kier alpha value is -1.31. The zero-order valence-corrected chi connectivity index (χ0v) is 10.1. The highest BCUT2D eigenvalue weighted by Gasteiger charge is 2.44. The summed E-state index contributed by atoms with van der Waals surface area (Å²) in [5.41, 5.74) is 0. The number of esters is 1. The molecule has 108 valence electrons. The first-order valence-corrected chi connectivity index (χ1v) is 6.18. The zero-order chi connectivity index (χ0) is 14.0. The number of hydrogen-bond donors (Lipinski definition) is 2. The summed E-state index contributed by atoms with van der Waals surface area (Å²) in [4.78, 5) is 22.4. The fourth-order valence-corrected chi connectivity index (χ4v) is 2.07. The number of amides is 1. The second-order valence-electron chi connectivity index (χ2n) is 4.86. The lowest BCUT2D eigenvalue weighted by atomic mass is 9.93. The molecular formula is C11H15F3N2O3. The molecule has 1 heterocycles. The van der Waals surface area contributed by atoms with Gasteiger partial charge in [-0.3, -0.25) is 4.79 Å². The SMILES string of the molecule is O=C(NC1CCC1)[C@@H]1C[C@@H](OC(=O)C(F)(F)F)CN1. The Kier molecular flexibility index (Phi) is 3.98. The van der Waals surface area contributed by atoms with Crippen molar-refractivity contribution in [3.8, 4) is 0 Å². The van der Waals surface area contributed by atoms with Crippen molar-refractivity contribution in [2.45, 2.75) is 50.0 Å². The molecule has 1 aliphatic carbocycles. The van der Waals surface area contributed by atoms with Gasteiger partial charge in [0.15, 0.2) is 0 Å². The second-order valence-corrected chi connectivity index (χ2v) is 4.86. The van der Waals surface area contributed by atoms with Crippen molar-refractivity contribution in [1.29, 1.82) is 0 Å². The maximum absolute atomic E-state index is 12.0. The van der Waals surface area contributed by atoms with Crippen molar-refractivity contribution in [2.75, 3.05) is 6.54 Å². The third-order valence-electron chi connectivity index (χ3n) is 3.36. The molecule has 2 N–H and O–H groups in total. The molecule has 1 saturated carbocycles. The molecular weight excluding hydrogens is 265 g/mol. The van der Waals surface area contributed by atoms with Gasteiger partial charge in [-0.15, -0.1) is 0 Å². The number of rotatable bonds is 3. The van der Waals surface area contributed by atoms with Gasteiger partial charge in [0.25, 0.3) is 0 Å². The van der Waals surface area contributed by atoms with E-state index in [2.05, 4.69) is 15.4 Å². The minimum atomic E-state index is -4.99. The smallest absolute Gasteiger partial charge is 0.454 e. The van der Waals surface area contributed by atoms with Crippen molar-refractivity contribution in [2.24, 2.45) is 0 Å². The minimum absolute atomic E-state index is 0.0601. The Morgan fingerprint density at radius 2 is 1.95 bits per heavy atom. The topological polar surface area (TPSA) is 67.4 Å². The Labute approximate surface area is 107 Å². The summed E-state index contributed by atoms with van der Waals surface area (Å²) in [5, 5.41) is 5.56. The van der Waals surface area contributed by atoms with E-state index >= 15 is 0 Å². The van der Waals surface area contributed by atoms with Crippen LogP contribution in [0, 0.1) is 0 Å². The van der Waals surface area contributed by atoms with Crippen LogP contribution in [0.15, 0.2) is 0 Å². The minimum Gasteiger partial charge on any atom is -0.454 e. The van der Waals surface area contributed by atoms with Gasteiger partial charge in [-0.1, -0.05) is 0 Å². The van der Waals surface area contributed by atoms with E-state index in [9.17, 15) is 22.8 Å². The number of ether oxygens (including phenoxy) is 1. The molecule has 19 heavy (non-hydrogen) atoms. The summed E-state index contributed by atoms with van der Waals surface area (Å²) in [6.07, 6.45) is -2.89. The molecule has 0 aromatic carbocycles. The molecule has 0 aromatic heterocycles. The number of alkyl halides is 3. The number of carbonyl (C=O) groups excluding carboxylic acids is 2. The molecule has 2 fully saturated rings. The summed E-state index contributed by atoms with van der Waals surface area (Å²) < 4.78 is 40.3. The van der Waals surface area contributed by atoms with E-state index in [1.165, 1.54) is 0 Å². The average Bonchev–Trinajstić information content (AvgIpc) is 2.70. The maximum atomic E-state index is 12.0. The molecule has 0 radical (unpaired) electrons. The van der Waals surface area contributed by atoms with Gasteiger partial charge in [0.2, 0.25) is 5.91 Å². The quantitative estimate of drug-likeness (QED) is 0.738. The van der Waals surface area contributed by atoms with Crippen LogP contribution < -0.4 is 10.6 Å². The molecule has 2 atom stereocenters. The molecule has 8 heteroatoms. The molecule has 5 nitrogen and oxygen atoms in total. The lowest BCUT2D eigenvalue weighted by molar-refractivity contribution is -0.204. The predicted octanol–water partition coefficient (Wildman–Crippen LogP) is 0.491. The van der Waals surface area contributed by atoms with Crippen LogP contribution in [0.3, 0.4) is 0 Å². The van der Waals surface area contributed by atoms with Crippen molar-refractivity contribution in [3.63, 3.8) is 0 Å². The van der Waals surface area contributed by atoms with Crippen molar-refractivity contribution >= 4 is 11.9 Å². The molecule has 2 rings (SSSR count). The van der Waals surface area contributed by atoms with Gasteiger partial charge in [-0.25, -0.2) is 4.79 Å². The van der Waals surface area contributed by atoms with Gasteiger partial charge in [0.05, 0.1) is 6.04 Å². The van der Waals surface area contributed by atoms with Gasteiger partial charge in [0.1, 0.15) is 6.10 Å².